The summed E-state index contributed by atoms with van der Waals surface area (Å²) < 4.78 is 5.75. The lowest BCUT2D eigenvalue weighted by Crippen LogP contribution is -2.36. The second kappa shape index (κ2) is 6.95. The number of carbonyl (C=O) groups is 1. The normalized spacial score (nSPS) is 11.8. The Morgan fingerprint density at radius 2 is 2.05 bits per heavy atom. The molecule has 3 N–H and O–H groups in total. The lowest BCUT2D eigenvalue weighted by atomic mass is 10.1. The Hall–Kier alpha value is -1.81. The molecule has 1 aromatic carbocycles. The van der Waals surface area contributed by atoms with Crippen LogP contribution in [-0.4, -0.2) is 18.6 Å². The van der Waals surface area contributed by atoms with E-state index in [9.17, 15) is 4.79 Å². The fraction of sp³-hybridized carbons (Fsp3) is 0.400. The van der Waals surface area contributed by atoms with Gasteiger partial charge in [0.15, 0.2) is 6.10 Å². The van der Waals surface area contributed by atoms with E-state index in [1.807, 2.05) is 26.0 Å². The van der Waals surface area contributed by atoms with Gasteiger partial charge < -0.3 is 15.8 Å². The number of rotatable bonds is 6. The Kier molecular flexibility index (Phi) is 5.57. The molecule has 1 rings (SSSR count). The van der Waals surface area contributed by atoms with E-state index in [4.69, 9.17) is 10.5 Å². The fourth-order valence-corrected chi connectivity index (χ4v) is 1.89. The van der Waals surface area contributed by atoms with Gasteiger partial charge in [0.2, 0.25) is 0 Å². The van der Waals surface area contributed by atoms with Crippen LogP contribution in [0.25, 0.3) is 0 Å². The van der Waals surface area contributed by atoms with Crippen LogP contribution >= 0.6 is 0 Å². The van der Waals surface area contributed by atoms with Crippen LogP contribution in [0.5, 0.6) is 5.75 Å². The van der Waals surface area contributed by atoms with Gasteiger partial charge in [0.1, 0.15) is 5.75 Å². The topological polar surface area (TPSA) is 64.3 Å². The highest BCUT2D eigenvalue weighted by Gasteiger charge is 2.16. The first-order valence-corrected chi connectivity index (χ1v) is 6.35. The van der Waals surface area contributed by atoms with E-state index >= 15 is 0 Å². The van der Waals surface area contributed by atoms with Crippen LogP contribution < -0.4 is 15.8 Å². The van der Waals surface area contributed by atoms with Gasteiger partial charge >= 0.3 is 0 Å². The van der Waals surface area contributed by atoms with Crippen molar-refractivity contribution in [3.8, 4) is 5.75 Å². The summed E-state index contributed by atoms with van der Waals surface area (Å²) >= 11 is 0. The Labute approximate surface area is 114 Å². The monoisotopic (exact) mass is 262 g/mol. The summed E-state index contributed by atoms with van der Waals surface area (Å²) in [5, 5.41) is 2.71. The largest absolute Gasteiger partial charge is 0.480 e. The first-order valence-electron chi connectivity index (χ1n) is 6.35. The second-order valence-electron chi connectivity index (χ2n) is 4.56. The summed E-state index contributed by atoms with van der Waals surface area (Å²) in [4.78, 5) is 11.7. The molecule has 0 spiro atoms. The molecule has 0 saturated carbocycles. The van der Waals surface area contributed by atoms with Gasteiger partial charge in [-0.15, -0.1) is 6.58 Å². The maximum Gasteiger partial charge on any atom is 0.261 e. The van der Waals surface area contributed by atoms with Crippen molar-refractivity contribution >= 4 is 5.91 Å². The first-order chi connectivity index (χ1) is 8.99. The van der Waals surface area contributed by atoms with Crippen LogP contribution in [0.3, 0.4) is 0 Å². The maximum absolute atomic E-state index is 11.7. The van der Waals surface area contributed by atoms with E-state index in [2.05, 4.69) is 11.9 Å². The number of ether oxygens (including phenoxy) is 1. The molecular formula is C15H22N2O2. The van der Waals surface area contributed by atoms with E-state index in [0.29, 0.717) is 13.1 Å². The van der Waals surface area contributed by atoms with Crippen LogP contribution in [0.2, 0.25) is 0 Å². The number of hydrogen-bond acceptors (Lipinski definition) is 3. The molecule has 1 amide bonds. The second-order valence-corrected chi connectivity index (χ2v) is 4.56. The third-order valence-electron chi connectivity index (χ3n) is 2.84. The van der Waals surface area contributed by atoms with Crippen molar-refractivity contribution in [3.05, 3.63) is 41.5 Å². The van der Waals surface area contributed by atoms with E-state index in [0.717, 1.165) is 22.4 Å². The predicted molar refractivity (Wildman–Crippen MR) is 77.1 cm³/mol. The van der Waals surface area contributed by atoms with Crippen LogP contribution in [0.1, 0.15) is 23.6 Å². The number of aryl methyl sites for hydroxylation is 2. The van der Waals surface area contributed by atoms with Gasteiger partial charge in [-0.25, -0.2) is 0 Å². The Balaban J connectivity index is 2.82. The number of nitrogens with one attached hydrogen (secondary N) is 1. The highest BCUT2D eigenvalue weighted by Crippen LogP contribution is 2.25. The van der Waals surface area contributed by atoms with Gasteiger partial charge in [0.05, 0.1) is 0 Å². The zero-order chi connectivity index (χ0) is 14.4. The molecule has 0 aliphatic rings. The molecule has 19 heavy (non-hydrogen) atoms. The van der Waals surface area contributed by atoms with Gasteiger partial charge in [-0.05, 0) is 37.5 Å². The average Bonchev–Trinajstić information content (AvgIpc) is 2.39. The molecule has 1 aromatic rings. The van der Waals surface area contributed by atoms with Crippen molar-refractivity contribution in [3.63, 3.8) is 0 Å². The van der Waals surface area contributed by atoms with Gasteiger partial charge in [-0.1, -0.05) is 18.2 Å². The van der Waals surface area contributed by atoms with Crippen LogP contribution in [0.15, 0.2) is 24.8 Å². The molecule has 0 heterocycles. The van der Waals surface area contributed by atoms with Gasteiger partial charge in [-0.3, -0.25) is 4.79 Å². The van der Waals surface area contributed by atoms with Crippen molar-refractivity contribution in [1.82, 2.24) is 5.32 Å². The quantitative estimate of drug-likeness (QED) is 0.769. The molecule has 0 fully saturated rings. The highest BCUT2D eigenvalue weighted by atomic mass is 16.5. The predicted octanol–water partition coefficient (Wildman–Crippen LogP) is 1.83. The molecular weight excluding hydrogens is 240 g/mol. The fourth-order valence-electron chi connectivity index (χ4n) is 1.89. The minimum atomic E-state index is -0.541. The van der Waals surface area contributed by atoms with E-state index in [1.165, 1.54) is 0 Å². The third-order valence-corrected chi connectivity index (χ3v) is 2.84. The molecule has 1 atom stereocenters. The third kappa shape index (κ3) is 4.10. The van der Waals surface area contributed by atoms with E-state index < -0.39 is 6.10 Å². The summed E-state index contributed by atoms with van der Waals surface area (Å²) in [6, 6.07) is 3.97. The zero-order valence-electron chi connectivity index (χ0n) is 11.8. The summed E-state index contributed by atoms with van der Waals surface area (Å²) in [6.45, 7) is 10.1. The first kappa shape index (κ1) is 15.2. The maximum atomic E-state index is 11.7. The number of carbonyl (C=O) groups excluding carboxylic acids is 1. The number of hydrogen-bond donors (Lipinski definition) is 2. The summed E-state index contributed by atoms with van der Waals surface area (Å²) in [6.07, 6.45) is 1.10. The van der Waals surface area contributed by atoms with Crippen molar-refractivity contribution < 1.29 is 9.53 Å². The zero-order valence-corrected chi connectivity index (χ0v) is 11.8. The molecule has 0 saturated heterocycles. The lowest BCUT2D eigenvalue weighted by Gasteiger charge is -2.18. The Morgan fingerprint density at radius 3 is 2.53 bits per heavy atom. The van der Waals surface area contributed by atoms with Crippen LogP contribution in [0.4, 0.5) is 0 Å². The molecule has 0 aromatic heterocycles. The van der Waals surface area contributed by atoms with Crippen LogP contribution in [0, 0.1) is 13.8 Å². The van der Waals surface area contributed by atoms with Crippen molar-refractivity contribution in [2.75, 3.05) is 6.54 Å². The van der Waals surface area contributed by atoms with Gasteiger partial charge in [0.25, 0.3) is 5.91 Å². The minimum Gasteiger partial charge on any atom is -0.480 e. The smallest absolute Gasteiger partial charge is 0.261 e. The minimum absolute atomic E-state index is 0.151. The molecule has 0 aliphatic heterocycles. The Bertz CT molecular complexity index is 446. The molecule has 0 bridgehead atoms. The van der Waals surface area contributed by atoms with E-state index in [1.54, 1.807) is 13.0 Å². The number of amides is 1. The van der Waals surface area contributed by atoms with Gasteiger partial charge in [-0.2, -0.15) is 0 Å². The summed E-state index contributed by atoms with van der Waals surface area (Å²) in [7, 11) is 0. The van der Waals surface area contributed by atoms with Crippen molar-refractivity contribution in [2.24, 2.45) is 5.73 Å². The SMILES string of the molecule is C=CCNC(=O)C(C)Oc1c(C)cc(CN)cc1C. The molecule has 104 valence electrons. The van der Waals surface area contributed by atoms with Crippen molar-refractivity contribution in [1.29, 1.82) is 0 Å². The highest BCUT2D eigenvalue weighted by molar-refractivity contribution is 5.80. The summed E-state index contributed by atoms with van der Waals surface area (Å²) in [5.41, 5.74) is 8.67. The summed E-state index contributed by atoms with van der Waals surface area (Å²) in [5.74, 6) is 0.597. The molecule has 4 heteroatoms. The number of benzene rings is 1. The molecule has 0 aliphatic carbocycles. The molecule has 1 unspecified atom stereocenters. The standard InChI is InChI=1S/C15H22N2O2/c1-5-6-17-15(18)12(4)19-14-10(2)7-13(9-16)8-11(14)3/h5,7-8,12H,1,6,9,16H2,2-4H3,(H,17,18). The van der Waals surface area contributed by atoms with Crippen molar-refractivity contribution in [2.45, 2.75) is 33.4 Å². The average molecular weight is 262 g/mol. The number of nitrogens with two attached hydrogens (primary N) is 1. The van der Waals surface area contributed by atoms with Gasteiger partial charge in [0, 0.05) is 13.1 Å². The van der Waals surface area contributed by atoms with E-state index in [-0.39, 0.29) is 5.91 Å². The lowest BCUT2D eigenvalue weighted by molar-refractivity contribution is -0.127. The van der Waals surface area contributed by atoms with Crippen LogP contribution in [-0.2, 0) is 11.3 Å². The molecule has 4 nitrogen and oxygen atoms in total. The Morgan fingerprint density at radius 1 is 1.47 bits per heavy atom. The molecule has 0 radical (unpaired) electrons.